The van der Waals surface area contributed by atoms with Gasteiger partial charge in [0.05, 0.1) is 6.54 Å². The van der Waals surface area contributed by atoms with E-state index in [1.165, 1.54) is 5.56 Å². The summed E-state index contributed by atoms with van der Waals surface area (Å²) in [4.78, 5) is 11.0. The van der Waals surface area contributed by atoms with Gasteiger partial charge in [0.15, 0.2) is 6.04 Å². The van der Waals surface area contributed by atoms with Crippen LogP contribution in [0.2, 0.25) is 0 Å². The summed E-state index contributed by atoms with van der Waals surface area (Å²) in [5.74, 6) is 0.595. The molecule has 0 N–H and O–H groups in total. The molecular weight excluding hydrogens is 338 g/mol. The van der Waals surface area contributed by atoms with Crippen LogP contribution in [0.25, 0.3) is 0 Å². The third-order valence-corrected chi connectivity index (χ3v) is 4.15. The van der Waals surface area contributed by atoms with Crippen molar-refractivity contribution in [3.05, 3.63) is 83.5 Å². The SMILES string of the molecule is CC(Cc1ccccc1)[n+]1c/c(=N\C(=NCc2ccccc2)N(C)C)o[n-]1. The Kier molecular flexibility index (Phi) is 6.20. The van der Waals surface area contributed by atoms with E-state index in [1.54, 1.807) is 4.68 Å². The van der Waals surface area contributed by atoms with Crippen LogP contribution in [0.1, 0.15) is 24.1 Å². The van der Waals surface area contributed by atoms with Gasteiger partial charge in [-0.2, -0.15) is 4.99 Å². The van der Waals surface area contributed by atoms with E-state index in [4.69, 9.17) is 4.52 Å². The van der Waals surface area contributed by atoms with Crippen molar-refractivity contribution in [3.63, 3.8) is 0 Å². The third-order valence-electron chi connectivity index (χ3n) is 4.15. The minimum atomic E-state index is 0.171. The highest BCUT2D eigenvalue weighted by molar-refractivity contribution is 5.80. The fourth-order valence-corrected chi connectivity index (χ4v) is 2.68. The Morgan fingerprint density at radius 1 is 1.04 bits per heavy atom. The molecule has 0 saturated carbocycles. The lowest BCUT2D eigenvalue weighted by Crippen LogP contribution is -2.42. The highest BCUT2D eigenvalue weighted by Crippen LogP contribution is 2.06. The van der Waals surface area contributed by atoms with Crippen LogP contribution in [0.15, 0.2) is 81.4 Å². The van der Waals surface area contributed by atoms with Crippen molar-refractivity contribution in [2.75, 3.05) is 14.1 Å². The number of guanidine groups is 1. The number of benzene rings is 2. The molecule has 2 aromatic carbocycles. The van der Waals surface area contributed by atoms with Gasteiger partial charge in [-0.25, -0.2) is 9.67 Å². The molecule has 1 unspecified atom stereocenters. The van der Waals surface area contributed by atoms with Gasteiger partial charge in [0.1, 0.15) is 0 Å². The van der Waals surface area contributed by atoms with Crippen molar-refractivity contribution < 1.29 is 9.20 Å². The molecular formula is C21H25N5O. The highest BCUT2D eigenvalue weighted by Gasteiger charge is 2.11. The molecule has 6 heteroatoms. The van der Waals surface area contributed by atoms with Gasteiger partial charge in [-0.1, -0.05) is 60.7 Å². The molecule has 1 aromatic heterocycles. The first kappa shape index (κ1) is 18.6. The van der Waals surface area contributed by atoms with Gasteiger partial charge in [-0.05, 0) is 18.1 Å². The van der Waals surface area contributed by atoms with E-state index in [0.29, 0.717) is 18.1 Å². The van der Waals surface area contributed by atoms with Crippen LogP contribution >= 0.6 is 0 Å². The Balaban J connectivity index is 1.75. The minimum Gasteiger partial charge on any atom is -0.487 e. The van der Waals surface area contributed by atoms with E-state index in [-0.39, 0.29) is 6.04 Å². The van der Waals surface area contributed by atoms with Crippen LogP contribution < -0.4 is 15.5 Å². The molecule has 3 aromatic rings. The summed E-state index contributed by atoms with van der Waals surface area (Å²) in [6, 6.07) is 20.6. The molecule has 3 rings (SSSR count). The van der Waals surface area contributed by atoms with Gasteiger partial charge in [0, 0.05) is 20.5 Å². The van der Waals surface area contributed by atoms with Crippen molar-refractivity contribution in [3.8, 4) is 0 Å². The predicted octanol–water partition coefficient (Wildman–Crippen LogP) is 2.35. The van der Waals surface area contributed by atoms with E-state index in [0.717, 1.165) is 12.0 Å². The molecule has 0 aliphatic carbocycles. The second-order valence-corrected chi connectivity index (χ2v) is 6.67. The predicted molar refractivity (Wildman–Crippen MR) is 104 cm³/mol. The number of hydrogen-bond donors (Lipinski definition) is 0. The third kappa shape index (κ3) is 5.41. The zero-order chi connectivity index (χ0) is 19.1. The summed E-state index contributed by atoms with van der Waals surface area (Å²) in [6.07, 6.45) is 2.69. The molecule has 0 bridgehead atoms. The summed E-state index contributed by atoms with van der Waals surface area (Å²) in [5, 5.41) is 4.12. The maximum absolute atomic E-state index is 5.39. The smallest absolute Gasteiger partial charge is 0.275 e. The number of aromatic nitrogens is 2. The summed E-state index contributed by atoms with van der Waals surface area (Å²) >= 11 is 0. The Labute approximate surface area is 159 Å². The average Bonchev–Trinajstić information content (AvgIpc) is 3.15. The van der Waals surface area contributed by atoms with E-state index >= 15 is 0 Å². The lowest BCUT2D eigenvalue weighted by molar-refractivity contribution is -0.787. The number of hydrogen-bond acceptors (Lipinski definition) is 2. The van der Waals surface area contributed by atoms with Gasteiger partial charge in [0.25, 0.3) is 5.55 Å². The second kappa shape index (κ2) is 8.98. The molecule has 1 heterocycles. The standard InChI is InChI=1S/C21H25N5O/c1-17(14-18-10-6-4-7-11-18)26-16-20(27-24-26)23-21(25(2)3)22-15-19-12-8-5-9-13-19/h4-13,16-17H,14-15H2,1-3H3/b22-21?,23-20+. The van der Waals surface area contributed by atoms with E-state index in [2.05, 4.69) is 34.3 Å². The zero-order valence-corrected chi connectivity index (χ0v) is 16.0. The fraction of sp³-hybridized carbons (Fsp3) is 0.286. The van der Waals surface area contributed by atoms with Crippen molar-refractivity contribution in [1.82, 2.24) is 10.2 Å². The van der Waals surface area contributed by atoms with Crippen LogP contribution in [0.5, 0.6) is 0 Å². The Morgan fingerprint density at radius 3 is 2.30 bits per heavy atom. The number of aliphatic imine (C=N–C) groups is 1. The number of rotatable bonds is 5. The largest absolute Gasteiger partial charge is 0.487 e. The Bertz CT molecular complexity index is 926. The maximum Gasteiger partial charge on any atom is 0.275 e. The maximum atomic E-state index is 5.39. The van der Waals surface area contributed by atoms with E-state index in [1.807, 2.05) is 73.7 Å². The van der Waals surface area contributed by atoms with Gasteiger partial charge in [0.2, 0.25) is 12.2 Å². The van der Waals surface area contributed by atoms with Crippen LogP contribution in [0.3, 0.4) is 0 Å². The van der Waals surface area contributed by atoms with Crippen molar-refractivity contribution in [2.45, 2.75) is 25.9 Å². The van der Waals surface area contributed by atoms with E-state index < -0.39 is 0 Å². The van der Waals surface area contributed by atoms with Crippen LogP contribution in [0.4, 0.5) is 0 Å². The average molecular weight is 363 g/mol. The van der Waals surface area contributed by atoms with Crippen molar-refractivity contribution >= 4 is 5.96 Å². The molecule has 27 heavy (non-hydrogen) atoms. The highest BCUT2D eigenvalue weighted by atomic mass is 16.5. The lowest BCUT2D eigenvalue weighted by atomic mass is 10.1. The van der Waals surface area contributed by atoms with Gasteiger partial charge >= 0.3 is 0 Å². The monoisotopic (exact) mass is 363 g/mol. The first-order valence-corrected chi connectivity index (χ1v) is 9.01. The molecule has 0 aliphatic heterocycles. The molecule has 0 amide bonds. The van der Waals surface area contributed by atoms with Crippen molar-refractivity contribution in [1.29, 1.82) is 0 Å². The normalized spacial score (nSPS) is 13.6. The number of nitrogens with zero attached hydrogens (tertiary/aromatic N) is 5. The molecule has 0 saturated heterocycles. The fourth-order valence-electron chi connectivity index (χ4n) is 2.68. The molecule has 1 atom stereocenters. The minimum absolute atomic E-state index is 0.171. The Hall–Kier alpha value is -3.15. The summed E-state index contributed by atoms with van der Waals surface area (Å²) in [7, 11) is 3.82. The van der Waals surface area contributed by atoms with Gasteiger partial charge in [-0.15, -0.1) is 0 Å². The molecule has 0 radical (unpaired) electrons. The quantitative estimate of drug-likeness (QED) is 0.397. The topological polar surface area (TPSA) is 59.1 Å². The molecule has 0 fully saturated rings. The molecule has 6 nitrogen and oxygen atoms in total. The van der Waals surface area contributed by atoms with Crippen LogP contribution in [0, 0.1) is 0 Å². The summed E-state index contributed by atoms with van der Waals surface area (Å²) in [5.41, 5.74) is 2.84. The molecule has 0 aliphatic rings. The zero-order valence-electron chi connectivity index (χ0n) is 16.0. The Morgan fingerprint density at radius 2 is 1.67 bits per heavy atom. The lowest BCUT2D eigenvalue weighted by Gasteiger charge is -2.10. The first-order chi connectivity index (χ1) is 13.1. The second-order valence-electron chi connectivity index (χ2n) is 6.67. The first-order valence-electron chi connectivity index (χ1n) is 9.01. The summed E-state index contributed by atoms with van der Waals surface area (Å²) < 4.78 is 7.20. The van der Waals surface area contributed by atoms with Crippen LogP contribution in [-0.2, 0) is 13.0 Å². The summed E-state index contributed by atoms with van der Waals surface area (Å²) in [6.45, 7) is 2.67. The molecule has 0 spiro atoms. The van der Waals surface area contributed by atoms with Crippen molar-refractivity contribution in [2.24, 2.45) is 9.98 Å². The van der Waals surface area contributed by atoms with Crippen LogP contribution in [-0.4, -0.2) is 25.0 Å². The molecule has 140 valence electrons. The van der Waals surface area contributed by atoms with E-state index in [9.17, 15) is 0 Å². The van der Waals surface area contributed by atoms with Gasteiger partial charge in [-0.3, -0.25) is 5.27 Å². The van der Waals surface area contributed by atoms with Gasteiger partial charge < -0.3 is 9.42 Å².